The molecular weight excluding hydrogens is 334 g/mol. The summed E-state index contributed by atoms with van der Waals surface area (Å²) in [7, 11) is -1.91. The Labute approximate surface area is 132 Å². The molecule has 0 bridgehead atoms. The molecule has 0 amide bonds. The molecule has 0 N–H and O–H groups in total. The van der Waals surface area contributed by atoms with Gasteiger partial charge >= 0.3 is 0 Å². The van der Waals surface area contributed by atoms with Crippen LogP contribution in [0.2, 0.25) is 0 Å². The molecule has 0 spiro atoms. The minimum absolute atomic E-state index is 0.192. The number of aryl methyl sites for hydroxylation is 1. The summed E-state index contributed by atoms with van der Waals surface area (Å²) < 4.78 is 27.0. The summed E-state index contributed by atoms with van der Waals surface area (Å²) in [5.41, 5.74) is 0.760. The zero-order chi connectivity index (χ0) is 14.9. The molecule has 110 valence electrons. The van der Waals surface area contributed by atoms with E-state index >= 15 is 0 Å². The summed E-state index contributed by atoms with van der Waals surface area (Å²) >= 11 is 8.82. The molecule has 1 unspecified atom stereocenters. The molecule has 1 atom stereocenters. The van der Waals surface area contributed by atoms with E-state index in [9.17, 15) is 8.42 Å². The highest BCUT2D eigenvalue weighted by Gasteiger charge is 2.31. The van der Waals surface area contributed by atoms with Crippen LogP contribution >= 0.6 is 34.3 Å². The second-order valence-corrected chi connectivity index (χ2v) is 8.66. The van der Waals surface area contributed by atoms with Crippen LogP contribution in [-0.2, 0) is 15.9 Å². The van der Waals surface area contributed by atoms with Crippen LogP contribution in [0.1, 0.15) is 28.3 Å². The van der Waals surface area contributed by atoms with Gasteiger partial charge in [-0.2, -0.15) is 4.31 Å². The van der Waals surface area contributed by atoms with E-state index in [1.165, 1.54) is 15.6 Å². The van der Waals surface area contributed by atoms with Gasteiger partial charge in [-0.25, -0.2) is 8.42 Å². The number of alkyl halides is 1. The van der Waals surface area contributed by atoms with Crippen molar-refractivity contribution in [3.63, 3.8) is 0 Å². The van der Waals surface area contributed by atoms with Crippen molar-refractivity contribution in [3.05, 3.63) is 38.2 Å². The minimum atomic E-state index is -3.53. The van der Waals surface area contributed by atoms with Crippen LogP contribution in [0.3, 0.4) is 0 Å². The molecule has 3 nitrogen and oxygen atoms in total. The Morgan fingerprint density at radius 1 is 1.40 bits per heavy atom. The standard InChI is InChI=1S/C13H16ClNO2S3/c1-9-8-19-12(7-14)13(9)20(16,17)15(3)10(2)11-5-4-6-18-11/h4-6,8,10H,7H2,1-3H3. The number of hydrogen-bond donors (Lipinski definition) is 0. The zero-order valence-electron chi connectivity index (χ0n) is 11.5. The molecule has 2 aromatic rings. The number of halogens is 1. The van der Waals surface area contributed by atoms with Gasteiger partial charge in [-0.3, -0.25) is 0 Å². The summed E-state index contributed by atoms with van der Waals surface area (Å²) in [6.07, 6.45) is 0. The van der Waals surface area contributed by atoms with Crippen LogP contribution in [0.15, 0.2) is 27.8 Å². The summed E-state index contributed by atoms with van der Waals surface area (Å²) in [6, 6.07) is 3.68. The van der Waals surface area contributed by atoms with E-state index in [-0.39, 0.29) is 11.9 Å². The van der Waals surface area contributed by atoms with Gasteiger partial charge < -0.3 is 0 Å². The second kappa shape index (κ2) is 6.15. The summed E-state index contributed by atoms with van der Waals surface area (Å²) in [5, 5.41) is 3.79. The van der Waals surface area contributed by atoms with Gasteiger partial charge in [-0.05, 0) is 36.2 Å². The Balaban J connectivity index is 2.42. The Hall–Kier alpha value is -0.400. The van der Waals surface area contributed by atoms with Crippen molar-refractivity contribution >= 4 is 44.3 Å². The van der Waals surface area contributed by atoms with E-state index in [1.807, 2.05) is 36.7 Å². The quantitative estimate of drug-likeness (QED) is 0.757. The third kappa shape index (κ3) is 2.80. The van der Waals surface area contributed by atoms with Gasteiger partial charge in [0.25, 0.3) is 0 Å². The van der Waals surface area contributed by atoms with Crippen LogP contribution in [0.4, 0.5) is 0 Å². The van der Waals surface area contributed by atoms with E-state index in [0.717, 1.165) is 10.4 Å². The predicted molar refractivity (Wildman–Crippen MR) is 86.3 cm³/mol. The van der Waals surface area contributed by atoms with Crippen LogP contribution in [0, 0.1) is 6.92 Å². The Bertz CT molecular complexity index is 677. The molecule has 2 rings (SSSR count). The van der Waals surface area contributed by atoms with E-state index in [0.29, 0.717) is 9.77 Å². The lowest BCUT2D eigenvalue weighted by atomic mass is 10.3. The van der Waals surface area contributed by atoms with Crippen LogP contribution in [-0.4, -0.2) is 19.8 Å². The molecule has 0 aliphatic carbocycles. The average Bonchev–Trinajstić information content (AvgIpc) is 3.05. The lowest BCUT2D eigenvalue weighted by Crippen LogP contribution is -2.30. The predicted octanol–water partition coefficient (Wildman–Crippen LogP) is 4.24. The average molecular weight is 350 g/mol. The molecule has 0 aliphatic heterocycles. The molecule has 20 heavy (non-hydrogen) atoms. The molecule has 2 aromatic heterocycles. The molecule has 0 fully saturated rings. The van der Waals surface area contributed by atoms with Gasteiger partial charge in [0.2, 0.25) is 10.0 Å². The molecule has 7 heteroatoms. The first-order chi connectivity index (χ1) is 9.39. The van der Waals surface area contributed by atoms with Gasteiger partial charge in [0.1, 0.15) is 4.90 Å². The Kier molecular flexibility index (Phi) is 4.92. The minimum Gasteiger partial charge on any atom is -0.207 e. The molecule has 2 heterocycles. The smallest absolute Gasteiger partial charge is 0.207 e. The van der Waals surface area contributed by atoms with Crippen molar-refractivity contribution in [1.29, 1.82) is 0 Å². The number of hydrogen-bond acceptors (Lipinski definition) is 4. The number of rotatable bonds is 5. The highest BCUT2D eigenvalue weighted by atomic mass is 35.5. The lowest BCUT2D eigenvalue weighted by Gasteiger charge is -2.24. The van der Waals surface area contributed by atoms with Crippen molar-refractivity contribution in [2.75, 3.05) is 7.05 Å². The maximum atomic E-state index is 12.8. The monoisotopic (exact) mass is 349 g/mol. The van der Waals surface area contributed by atoms with E-state index in [4.69, 9.17) is 11.6 Å². The largest absolute Gasteiger partial charge is 0.244 e. The fourth-order valence-electron chi connectivity index (χ4n) is 1.99. The van der Waals surface area contributed by atoms with E-state index in [1.54, 1.807) is 18.4 Å². The fraction of sp³-hybridized carbons (Fsp3) is 0.385. The fourth-order valence-corrected chi connectivity index (χ4v) is 6.23. The first-order valence-electron chi connectivity index (χ1n) is 6.04. The topological polar surface area (TPSA) is 37.4 Å². The van der Waals surface area contributed by atoms with Crippen molar-refractivity contribution in [2.24, 2.45) is 0 Å². The molecule has 0 saturated heterocycles. The first-order valence-corrected chi connectivity index (χ1v) is 9.77. The Morgan fingerprint density at radius 2 is 2.10 bits per heavy atom. The van der Waals surface area contributed by atoms with E-state index in [2.05, 4.69) is 0 Å². The van der Waals surface area contributed by atoms with Crippen molar-refractivity contribution in [1.82, 2.24) is 4.31 Å². The SMILES string of the molecule is Cc1csc(CCl)c1S(=O)(=O)N(C)C(C)c1cccs1. The third-order valence-electron chi connectivity index (χ3n) is 3.25. The van der Waals surface area contributed by atoms with E-state index < -0.39 is 10.0 Å². The van der Waals surface area contributed by atoms with Gasteiger partial charge in [0.05, 0.1) is 11.9 Å². The number of nitrogens with zero attached hydrogens (tertiary/aromatic N) is 1. The summed E-state index contributed by atoms with van der Waals surface area (Å²) in [5.74, 6) is 0.217. The highest BCUT2D eigenvalue weighted by Crippen LogP contribution is 2.34. The molecule has 0 radical (unpaired) electrons. The van der Waals surface area contributed by atoms with Gasteiger partial charge in [0.15, 0.2) is 0 Å². The van der Waals surface area contributed by atoms with Crippen LogP contribution < -0.4 is 0 Å². The maximum absolute atomic E-state index is 12.8. The van der Waals surface area contributed by atoms with Gasteiger partial charge in [-0.15, -0.1) is 34.3 Å². The third-order valence-corrected chi connectivity index (χ3v) is 8.11. The van der Waals surface area contributed by atoms with Gasteiger partial charge in [-0.1, -0.05) is 6.07 Å². The van der Waals surface area contributed by atoms with Gasteiger partial charge in [0, 0.05) is 16.8 Å². The molecule has 0 saturated carbocycles. The molecular formula is C13H16ClNO2S3. The van der Waals surface area contributed by atoms with Crippen molar-refractivity contribution in [3.8, 4) is 0 Å². The van der Waals surface area contributed by atoms with Crippen molar-refractivity contribution < 1.29 is 8.42 Å². The Morgan fingerprint density at radius 3 is 2.65 bits per heavy atom. The normalized spacial score (nSPS) is 13.8. The summed E-state index contributed by atoms with van der Waals surface area (Å²) in [4.78, 5) is 2.09. The lowest BCUT2D eigenvalue weighted by molar-refractivity contribution is 0.402. The highest BCUT2D eigenvalue weighted by molar-refractivity contribution is 7.89. The molecule has 0 aliphatic rings. The maximum Gasteiger partial charge on any atom is 0.244 e. The second-order valence-electron chi connectivity index (χ2n) is 4.52. The number of thiophene rings is 2. The molecule has 0 aromatic carbocycles. The van der Waals surface area contributed by atoms with Crippen LogP contribution in [0.25, 0.3) is 0 Å². The first kappa shape index (κ1) is 16.0. The van der Waals surface area contributed by atoms with Crippen molar-refractivity contribution in [2.45, 2.75) is 30.7 Å². The zero-order valence-corrected chi connectivity index (χ0v) is 14.7. The number of sulfonamides is 1. The van der Waals surface area contributed by atoms with Crippen LogP contribution in [0.5, 0.6) is 0 Å². The summed E-state index contributed by atoms with van der Waals surface area (Å²) in [6.45, 7) is 3.70.